The molecule has 0 aromatic carbocycles. The smallest absolute Gasteiger partial charge is 0.311 e. The Bertz CT molecular complexity index is 563. The summed E-state index contributed by atoms with van der Waals surface area (Å²) in [5.41, 5.74) is 0. The number of hydrogen-bond acceptors (Lipinski definition) is 6. The number of carbonyl (C=O) groups excluding carboxylic acids is 2. The van der Waals surface area contributed by atoms with E-state index in [1.165, 1.54) is 25.7 Å². The first-order valence-corrected chi connectivity index (χ1v) is 8.39. The maximum Gasteiger partial charge on any atom is 0.311 e. The quantitative estimate of drug-likeness (QED) is 0.623. The summed E-state index contributed by atoms with van der Waals surface area (Å²) in [6, 6.07) is 0.293. The molecule has 1 saturated heterocycles. The van der Waals surface area contributed by atoms with Crippen molar-refractivity contribution in [3.8, 4) is 0 Å². The number of nitrogens with zero attached hydrogens (tertiary/aromatic N) is 3. The van der Waals surface area contributed by atoms with E-state index in [9.17, 15) is 9.59 Å². The second-order valence-electron chi connectivity index (χ2n) is 6.44. The van der Waals surface area contributed by atoms with E-state index in [2.05, 4.69) is 10.1 Å². The van der Waals surface area contributed by atoms with Crippen molar-refractivity contribution in [1.29, 1.82) is 0 Å². The average molecular weight is 321 g/mol. The molecule has 126 valence electrons. The highest BCUT2D eigenvalue weighted by Crippen LogP contribution is 2.28. The first-order chi connectivity index (χ1) is 11.1. The maximum absolute atomic E-state index is 12.3. The summed E-state index contributed by atoms with van der Waals surface area (Å²) in [7, 11) is 0. The van der Waals surface area contributed by atoms with Crippen molar-refractivity contribution in [3.05, 3.63) is 11.7 Å². The van der Waals surface area contributed by atoms with Gasteiger partial charge in [0.25, 0.3) is 5.89 Å². The van der Waals surface area contributed by atoms with Crippen molar-refractivity contribution in [1.82, 2.24) is 15.0 Å². The lowest BCUT2D eigenvalue weighted by Crippen LogP contribution is -2.36. The molecular weight excluding hydrogens is 298 g/mol. The van der Waals surface area contributed by atoms with E-state index in [-0.39, 0.29) is 36.7 Å². The van der Waals surface area contributed by atoms with E-state index < -0.39 is 0 Å². The Morgan fingerprint density at radius 1 is 1.30 bits per heavy atom. The highest BCUT2D eigenvalue weighted by Gasteiger charge is 2.38. The van der Waals surface area contributed by atoms with Crippen molar-refractivity contribution in [2.75, 3.05) is 6.54 Å². The van der Waals surface area contributed by atoms with Crippen molar-refractivity contribution in [2.45, 2.75) is 64.5 Å². The molecule has 2 heterocycles. The highest BCUT2D eigenvalue weighted by molar-refractivity contribution is 5.87. The molecule has 2 fully saturated rings. The molecule has 1 aliphatic heterocycles. The zero-order valence-corrected chi connectivity index (χ0v) is 13.5. The van der Waals surface area contributed by atoms with Crippen LogP contribution in [0.25, 0.3) is 0 Å². The summed E-state index contributed by atoms with van der Waals surface area (Å²) < 4.78 is 10.1. The Labute approximate surface area is 135 Å². The van der Waals surface area contributed by atoms with Gasteiger partial charge in [0.15, 0.2) is 12.4 Å². The molecule has 2 aliphatic rings. The minimum atomic E-state index is -0.380. The number of rotatable bonds is 4. The molecule has 1 atom stereocenters. The van der Waals surface area contributed by atoms with Gasteiger partial charge in [-0.05, 0) is 19.8 Å². The predicted octanol–water partition coefficient (Wildman–Crippen LogP) is 1.99. The summed E-state index contributed by atoms with van der Waals surface area (Å²) >= 11 is 0. The molecule has 3 rings (SSSR count). The largest absolute Gasteiger partial charge is 0.455 e. The van der Waals surface area contributed by atoms with Crippen LogP contribution in [0.4, 0.5) is 0 Å². The van der Waals surface area contributed by atoms with Gasteiger partial charge in [-0.1, -0.05) is 30.8 Å². The molecule has 1 aromatic rings. The lowest BCUT2D eigenvalue weighted by molar-refractivity contribution is -0.150. The van der Waals surface area contributed by atoms with Crippen LogP contribution in [0.3, 0.4) is 0 Å². The van der Waals surface area contributed by atoms with Crippen LogP contribution in [0.1, 0.15) is 56.7 Å². The minimum absolute atomic E-state index is 0.0339. The Morgan fingerprint density at radius 3 is 2.70 bits per heavy atom. The van der Waals surface area contributed by atoms with Crippen molar-refractivity contribution in [2.24, 2.45) is 5.92 Å². The number of aromatic nitrogens is 2. The van der Waals surface area contributed by atoms with Gasteiger partial charge in [-0.2, -0.15) is 4.98 Å². The fourth-order valence-electron chi connectivity index (χ4n) is 3.46. The second-order valence-corrected chi connectivity index (χ2v) is 6.44. The third kappa shape index (κ3) is 3.89. The van der Waals surface area contributed by atoms with Crippen molar-refractivity contribution in [3.63, 3.8) is 0 Å². The molecule has 1 aromatic heterocycles. The first kappa shape index (κ1) is 16.0. The van der Waals surface area contributed by atoms with Crippen LogP contribution in [0, 0.1) is 12.8 Å². The fraction of sp³-hybridized carbons (Fsp3) is 0.750. The number of esters is 1. The molecule has 1 amide bonds. The third-order valence-corrected chi connectivity index (χ3v) is 4.66. The summed E-state index contributed by atoms with van der Waals surface area (Å²) in [5, 5.41) is 3.65. The van der Waals surface area contributed by atoms with Gasteiger partial charge < -0.3 is 14.2 Å². The van der Waals surface area contributed by atoms with Crippen LogP contribution in [0.15, 0.2) is 4.52 Å². The van der Waals surface area contributed by atoms with Crippen molar-refractivity contribution < 1.29 is 18.8 Å². The number of likely N-dealkylation sites (tertiary alicyclic amines) is 1. The lowest BCUT2D eigenvalue weighted by atomic mass is 10.1. The normalized spacial score (nSPS) is 23.1. The molecule has 0 unspecified atom stereocenters. The minimum Gasteiger partial charge on any atom is -0.455 e. The van der Waals surface area contributed by atoms with Gasteiger partial charge in [0.2, 0.25) is 5.91 Å². The number of ether oxygens (including phenoxy) is 1. The van der Waals surface area contributed by atoms with Gasteiger partial charge in [-0.25, -0.2) is 0 Å². The molecule has 0 N–H and O–H groups in total. The van der Waals surface area contributed by atoms with E-state index in [4.69, 9.17) is 9.26 Å². The van der Waals surface area contributed by atoms with Gasteiger partial charge in [-0.3, -0.25) is 9.59 Å². The van der Waals surface area contributed by atoms with E-state index in [1.807, 2.05) is 4.90 Å². The lowest BCUT2D eigenvalue weighted by Gasteiger charge is -2.27. The summed E-state index contributed by atoms with van der Waals surface area (Å²) in [4.78, 5) is 30.3. The molecule has 7 nitrogen and oxygen atoms in total. The Morgan fingerprint density at radius 2 is 2.04 bits per heavy atom. The van der Waals surface area contributed by atoms with Crippen LogP contribution in [0.2, 0.25) is 0 Å². The topological polar surface area (TPSA) is 85.5 Å². The molecular formula is C16H23N3O4. The second kappa shape index (κ2) is 7.10. The van der Waals surface area contributed by atoms with Crippen LogP contribution >= 0.6 is 0 Å². The Balaban J connectivity index is 1.52. The predicted molar refractivity (Wildman–Crippen MR) is 80.1 cm³/mol. The van der Waals surface area contributed by atoms with E-state index >= 15 is 0 Å². The van der Waals surface area contributed by atoms with Gasteiger partial charge in [0.1, 0.15) is 0 Å². The van der Waals surface area contributed by atoms with Gasteiger partial charge in [0, 0.05) is 19.0 Å². The zero-order valence-electron chi connectivity index (χ0n) is 13.5. The SMILES string of the molecule is Cc1noc(COC(=O)[C@@H]2CC(=O)N(C3CCCCCC3)C2)n1. The summed E-state index contributed by atoms with van der Waals surface area (Å²) in [6.45, 7) is 2.15. The molecule has 0 bridgehead atoms. The van der Waals surface area contributed by atoms with Gasteiger partial charge >= 0.3 is 5.97 Å². The molecule has 1 saturated carbocycles. The number of carbonyl (C=O) groups is 2. The van der Waals surface area contributed by atoms with Crippen LogP contribution in [-0.2, 0) is 20.9 Å². The summed E-state index contributed by atoms with van der Waals surface area (Å²) in [5.74, 6) is 0.125. The number of hydrogen-bond donors (Lipinski definition) is 0. The average Bonchev–Trinajstić information content (AvgIpc) is 3.01. The Hall–Kier alpha value is -1.92. The van der Waals surface area contributed by atoms with Crippen molar-refractivity contribution >= 4 is 11.9 Å². The Kier molecular flexibility index (Phi) is 4.93. The zero-order chi connectivity index (χ0) is 16.2. The number of amides is 1. The molecule has 0 spiro atoms. The monoisotopic (exact) mass is 321 g/mol. The first-order valence-electron chi connectivity index (χ1n) is 8.39. The highest BCUT2D eigenvalue weighted by atomic mass is 16.6. The van der Waals surface area contributed by atoms with Crippen LogP contribution in [0.5, 0.6) is 0 Å². The molecule has 23 heavy (non-hydrogen) atoms. The summed E-state index contributed by atoms with van der Waals surface area (Å²) in [6.07, 6.45) is 7.17. The fourth-order valence-corrected chi connectivity index (χ4v) is 3.46. The van der Waals surface area contributed by atoms with Gasteiger partial charge in [0.05, 0.1) is 5.92 Å². The van der Waals surface area contributed by atoms with E-state index in [1.54, 1.807) is 6.92 Å². The molecule has 0 radical (unpaired) electrons. The number of aryl methyl sites for hydroxylation is 1. The maximum atomic E-state index is 12.3. The molecule has 7 heteroatoms. The standard InChI is InChI=1S/C16H23N3O4/c1-11-17-14(23-18-11)10-22-16(21)12-8-15(20)19(9-12)13-6-4-2-3-5-7-13/h12-13H,2-10H2,1H3/t12-/m1/s1. The van der Waals surface area contributed by atoms with Crippen LogP contribution < -0.4 is 0 Å². The van der Waals surface area contributed by atoms with E-state index in [0.29, 0.717) is 18.4 Å². The third-order valence-electron chi connectivity index (χ3n) is 4.66. The van der Waals surface area contributed by atoms with Gasteiger partial charge in [-0.15, -0.1) is 0 Å². The molecule has 1 aliphatic carbocycles. The van der Waals surface area contributed by atoms with E-state index in [0.717, 1.165) is 12.8 Å². The van der Waals surface area contributed by atoms with Crippen LogP contribution in [-0.4, -0.2) is 39.5 Å².